The van der Waals surface area contributed by atoms with Gasteiger partial charge in [-0.1, -0.05) is 19.1 Å². The number of nitrogens with one attached hydrogen (secondary N) is 1. The van der Waals surface area contributed by atoms with Crippen LogP contribution in [0.2, 0.25) is 0 Å². The SMILES string of the molecule is C=C(C)CN(C)C(=O)c1n[nH]c(CCC)n1. The number of hydrogen-bond acceptors (Lipinski definition) is 3. The average Bonchev–Trinajstić information content (AvgIpc) is 2.64. The minimum absolute atomic E-state index is 0.179. The Hall–Kier alpha value is -1.65. The van der Waals surface area contributed by atoms with E-state index in [1.165, 1.54) is 0 Å². The fraction of sp³-hybridized carbons (Fsp3) is 0.545. The largest absolute Gasteiger partial charge is 0.335 e. The minimum atomic E-state index is -0.179. The lowest BCUT2D eigenvalue weighted by atomic mass is 10.3. The highest BCUT2D eigenvalue weighted by Crippen LogP contribution is 2.01. The fourth-order valence-electron chi connectivity index (χ4n) is 1.39. The summed E-state index contributed by atoms with van der Waals surface area (Å²) in [6, 6.07) is 0. The van der Waals surface area contributed by atoms with Gasteiger partial charge in [0.1, 0.15) is 5.82 Å². The molecule has 0 atom stereocenters. The Balaban J connectivity index is 2.68. The van der Waals surface area contributed by atoms with E-state index in [-0.39, 0.29) is 11.7 Å². The summed E-state index contributed by atoms with van der Waals surface area (Å²) in [4.78, 5) is 17.5. The highest BCUT2D eigenvalue weighted by atomic mass is 16.2. The van der Waals surface area contributed by atoms with Crippen molar-refractivity contribution >= 4 is 5.91 Å². The first-order chi connectivity index (χ1) is 7.54. The molecule has 1 heterocycles. The smallest absolute Gasteiger partial charge is 0.293 e. The Morgan fingerprint density at radius 1 is 1.56 bits per heavy atom. The van der Waals surface area contributed by atoms with Crippen molar-refractivity contribution in [2.75, 3.05) is 13.6 Å². The number of H-pyrrole nitrogens is 1. The lowest BCUT2D eigenvalue weighted by Gasteiger charge is -2.14. The zero-order valence-corrected chi connectivity index (χ0v) is 10.1. The molecular weight excluding hydrogens is 204 g/mol. The molecule has 0 saturated heterocycles. The third-order valence-electron chi connectivity index (χ3n) is 2.06. The van der Waals surface area contributed by atoms with Crippen molar-refractivity contribution in [3.05, 3.63) is 23.8 Å². The van der Waals surface area contributed by atoms with Crippen LogP contribution in [0.5, 0.6) is 0 Å². The van der Waals surface area contributed by atoms with Gasteiger partial charge >= 0.3 is 0 Å². The highest BCUT2D eigenvalue weighted by molar-refractivity contribution is 5.90. The van der Waals surface area contributed by atoms with Crippen LogP contribution >= 0.6 is 0 Å². The second-order valence-corrected chi connectivity index (χ2v) is 3.97. The zero-order valence-electron chi connectivity index (χ0n) is 10.1. The molecule has 0 fully saturated rings. The molecule has 0 aliphatic carbocycles. The maximum absolute atomic E-state index is 11.8. The molecule has 0 radical (unpaired) electrons. The predicted octanol–water partition coefficient (Wildman–Crippen LogP) is 1.41. The number of amides is 1. The van der Waals surface area contributed by atoms with Crippen molar-refractivity contribution in [3.8, 4) is 0 Å². The van der Waals surface area contributed by atoms with Gasteiger partial charge in [0.25, 0.3) is 5.91 Å². The second kappa shape index (κ2) is 5.44. The Morgan fingerprint density at radius 3 is 2.81 bits per heavy atom. The average molecular weight is 222 g/mol. The molecule has 1 amide bonds. The first kappa shape index (κ1) is 12.4. The van der Waals surface area contributed by atoms with Crippen LogP contribution in [0.15, 0.2) is 12.2 Å². The summed E-state index contributed by atoms with van der Waals surface area (Å²) < 4.78 is 0. The van der Waals surface area contributed by atoms with E-state index in [1.54, 1.807) is 11.9 Å². The third kappa shape index (κ3) is 3.18. The molecule has 0 aromatic carbocycles. The van der Waals surface area contributed by atoms with Crippen molar-refractivity contribution in [2.45, 2.75) is 26.7 Å². The molecule has 5 nitrogen and oxygen atoms in total. The molecule has 5 heteroatoms. The van der Waals surface area contributed by atoms with Gasteiger partial charge in [0.2, 0.25) is 5.82 Å². The predicted molar refractivity (Wildman–Crippen MR) is 62.2 cm³/mol. The van der Waals surface area contributed by atoms with Gasteiger partial charge in [0, 0.05) is 20.0 Å². The molecule has 1 rings (SSSR count). The maximum atomic E-state index is 11.8. The van der Waals surface area contributed by atoms with E-state index in [9.17, 15) is 4.79 Å². The quantitative estimate of drug-likeness (QED) is 0.766. The molecule has 0 spiro atoms. The van der Waals surface area contributed by atoms with Crippen LogP contribution in [-0.2, 0) is 6.42 Å². The monoisotopic (exact) mass is 222 g/mol. The molecule has 16 heavy (non-hydrogen) atoms. The van der Waals surface area contributed by atoms with E-state index < -0.39 is 0 Å². The first-order valence-corrected chi connectivity index (χ1v) is 5.35. The highest BCUT2D eigenvalue weighted by Gasteiger charge is 2.16. The van der Waals surface area contributed by atoms with Crippen molar-refractivity contribution in [1.29, 1.82) is 0 Å². The molecule has 88 valence electrons. The van der Waals surface area contributed by atoms with E-state index in [2.05, 4.69) is 28.7 Å². The number of aromatic amines is 1. The normalized spacial score (nSPS) is 10.2. The number of aryl methyl sites for hydroxylation is 1. The van der Waals surface area contributed by atoms with Crippen LogP contribution in [-0.4, -0.2) is 39.6 Å². The summed E-state index contributed by atoms with van der Waals surface area (Å²) in [6.07, 6.45) is 1.79. The third-order valence-corrected chi connectivity index (χ3v) is 2.06. The van der Waals surface area contributed by atoms with Gasteiger partial charge in [-0.05, 0) is 13.3 Å². The van der Waals surface area contributed by atoms with E-state index in [4.69, 9.17) is 0 Å². The van der Waals surface area contributed by atoms with Crippen molar-refractivity contribution in [1.82, 2.24) is 20.1 Å². The summed E-state index contributed by atoms with van der Waals surface area (Å²) >= 11 is 0. The summed E-state index contributed by atoms with van der Waals surface area (Å²) in [5, 5.41) is 6.67. The van der Waals surface area contributed by atoms with Crippen LogP contribution in [0.4, 0.5) is 0 Å². The number of aromatic nitrogens is 3. The zero-order chi connectivity index (χ0) is 12.1. The number of likely N-dealkylation sites (N-methyl/N-ethyl adjacent to an activating group) is 1. The topological polar surface area (TPSA) is 61.9 Å². The van der Waals surface area contributed by atoms with Gasteiger partial charge in [-0.15, -0.1) is 5.10 Å². The molecule has 1 N–H and O–H groups in total. The standard InChI is InChI=1S/C11H18N4O/c1-5-6-9-12-10(14-13-9)11(16)15(4)7-8(2)3/h2,5-7H2,1,3-4H3,(H,12,13,14). The van der Waals surface area contributed by atoms with E-state index in [0.29, 0.717) is 6.54 Å². The summed E-state index contributed by atoms with van der Waals surface area (Å²) in [5.41, 5.74) is 0.931. The molecule has 0 saturated carbocycles. The fourth-order valence-corrected chi connectivity index (χ4v) is 1.39. The number of hydrogen-bond donors (Lipinski definition) is 1. The first-order valence-electron chi connectivity index (χ1n) is 5.35. The number of carbonyl (C=O) groups is 1. The van der Waals surface area contributed by atoms with Crippen LogP contribution in [0, 0.1) is 0 Å². The molecule has 1 aromatic heterocycles. The van der Waals surface area contributed by atoms with Gasteiger partial charge in [-0.25, -0.2) is 4.98 Å². The van der Waals surface area contributed by atoms with Gasteiger partial charge in [-0.3, -0.25) is 9.89 Å². The molecule has 0 bridgehead atoms. The van der Waals surface area contributed by atoms with Gasteiger partial charge in [0.05, 0.1) is 0 Å². The Morgan fingerprint density at radius 2 is 2.25 bits per heavy atom. The molecular formula is C11H18N4O. The van der Waals surface area contributed by atoms with Crippen LogP contribution < -0.4 is 0 Å². The van der Waals surface area contributed by atoms with E-state index in [0.717, 1.165) is 24.2 Å². The van der Waals surface area contributed by atoms with E-state index in [1.807, 2.05) is 6.92 Å². The van der Waals surface area contributed by atoms with Crippen LogP contribution in [0.1, 0.15) is 36.7 Å². The van der Waals surface area contributed by atoms with Crippen molar-refractivity contribution in [2.24, 2.45) is 0 Å². The van der Waals surface area contributed by atoms with Crippen LogP contribution in [0.3, 0.4) is 0 Å². The van der Waals surface area contributed by atoms with Crippen molar-refractivity contribution in [3.63, 3.8) is 0 Å². The molecule has 0 unspecified atom stereocenters. The lowest BCUT2D eigenvalue weighted by Crippen LogP contribution is -2.29. The summed E-state index contributed by atoms with van der Waals surface area (Å²) in [7, 11) is 1.72. The number of carbonyl (C=O) groups excluding carboxylic acids is 1. The van der Waals surface area contributed by atoms with Crippen molar-refractivity contribution < 1.29 is 4.79 Å². The van der Waals surface area contributed by atoms with Gasteiger partial charge in [0.15, 0.2) is 0 Å². The minimum Gasteiger partial charge on any atom is -0.335 e. The number of nitrogens with zero attached hydrogens (tertiary/aromatic N) is 3. The van der Waals surface area contributed by atoms with Crippen LogP contribution in [0.25, 0.3) is 0 Å². The maximum Gasteiger partial charge on any atom is 0.293 e. The summed E-state index contributed by atoms with van der Waals surface area (Å²) in [6.45, 7) is 8.22. The summed E-state index contributed by atoms with van der Waals surface area (Å²) in [5.74, 6) is 0.809. The van der Waals surface area contributed by atoms with Gasteiger partial charge in [-0.2, -0.15) is 0 Å². The lowest BCUT2D eigenvalue weighted by molar-refractivity contribution is 0.0795. The molecule has 1 aromatic rings. The Kier molecular flexibility index (Phi) is 4.22. The Bertz CT molecular complexity index is 383. The Labute approximate surface area is 95.6 Å². The van der Waals surface area contributed by atoms with E-state index >= 15 is 0 Å². The van der Waals surface area contributed by atoms with Gasteiger partial charge < -0.3 is 4.90 Å². The molecule has 0 aliphatic rings. The number of rotatable bonds is 5. The second-order valence-electron chi connectivity index (χ2n) is 3.97. The molecule has 0 aliphatic heterocycles.